The summed E-state index contributed by atoms with van der Waals surface area (Å²) in [7, 11) is 0. The average molecular weight is 350 g/mol. The number of halogens is 1. The predicted molar refractivity (Wildman–Crippen MR) is 96.1 cm³/mol. The zero-order chi connectivity index (χ0) is 17.9. The van der Waals surface area contributed by atoms with Gasteiger partial charge in [-0.05, 0) is 49.2 Å². The Morgan fingerprint density at radius 3 is 2.65 bits per heavy atom. The van der Waals surface area contributed by atoms with Gasteiger partial charge in [0.2, 0.25) is 0 Å². The number of H-pyrrole nitrogens is 1. The Labute approximate surface area is 150 Å². The monoisotopic (exact) mass is 350 g/mol. The van der Waals surface area contributed by atoms with Crippen LogP contribution in [0, 0.1) is 5.82 Å². The zero-order valence-corrected chi connectivity index (χ0v) is 14.2. The Bertz CT molecular complexity index is 892. The fourth-order valence-electron chi connectivity index (χ4n) is 3.33. The van der Waals surface area contributed by atoms with Crippen molar-refractivity contribution in [1.82, 2.24) is 20.1 Å². The molecule has 2 aromatic carbocycles. The van der Waals surface area contributed by atoms with Crippen LogP contribution in [0.25, 0.3) is 11.4 Å². The van der Waals surface area contributed by atoms with Crippen LogP contribution in [-0.4, -0.2) is 39.1 Å². The second-order valence-electron chi connectivity index (χ2n) is 6.51. The van der Waals surface area contributed by atoms with Gasteiger partial charge in [0.05, 0.1) is 0 Å². The fourth-order valence-corrected chi connectivity index (χ4v) is 3.33. The summed E-state index contributed by atoms with van der Waals surface area (Å²) in [5.74, 6) is 1.21. The summed E-state index contributed by atoms with van der Waals surface area (Å²) in [6.07, 6.45) is 1.88. The minimum Gasteiger partial charge on any atom is -0.338 e. The number of likely N-dealkylation sites (tertiary alicyclic amines) is 1. The minimum absolute atomic E-state index is 0.0496. The average Bonchev–Trinajstić information content (AvgIpc) is 3.19. The largest absolute Gasteiger partial charge is 0.338 e. The number of carbonyl (C=O) groups excluding carboxylic acids is 1. The highest BCUT2D eigenvalue weighted by Crippen LogP contribution is 2.27. The van der Waals surface area contributed by atoms with Crippen LogP contribution in [0.5, 0.6) is 0 Å². The summed E-state index contributed by atoms with van der Waals surface area (Å²) in [4.78, 5) is 19.1. The SMILES string of the molecule is O=C(c1ccccc1)N1CCC[C@@H](c2nc(-c3ccc(F)cc3)n[nH]2)C1. The van der Waals surface area contributed by atoms with Crippen LogP contribution in [0.15, 0.2) is 54.6 Å². The number of hydrogen-bond donors (Lipinski definition) is 1. The second kappa shape index (κ2) is 7.07. The molecule has 0 unspecified atom stereocenters. The van der Waals surface area contributed by atoms with Gasteiger partial charge >= 0.3 is 0 Å². The van der Waals surface area contributed by atoms with Crippen molar-refractivity contribution in [2.24, 2.45) is 0 Å². The van der Waals surface area contributed by atoms with Crippen LogP contribution in [0.1, 0.15) is 34.9 Å². The molecular weight excluding hydrogens is 331 g/mol. The van der Waals surface area contributed by atoms with Crippen molar-refractivity contribution in [3.8, 4) is 11.4 Å². The summed E-state index contributed by atoms with van der Waals surface area (Å²) in [5, 5.41) is 7.25. The molecule has 3 aromatic rings. The second-order valence-corrected chi connectivity index (χ2v) is 6.51. The highest BCUT2D eigenvalue weighted by Gasteiger charge is 2.27. The lowest BCUT2D eigenvalue weighted by atomic mass is 9.96. The van der Waals surface area contributed by atoms with Crippen molar-refractivity contribution >= 4 is 5.91 Å². The summed E-state index contributed by atoms with van der Waals surface area (Å²) >= 11 is 0. The van der Waals surface area contributed by atoms with Gasteiger partial charge in [-0.2, -0.15) is 5.10 Å². The normalized spacial score (nSPS) is 17.3. The van der Waals surface area contributed by atoms with E-state index in [-0.39, 0.29) is 17.6 Å². The van der Waals surface area contributed by atoms with Crippen molar-refractivity contribution in [3.05, 3.63) is 71.8 Å². The lowest BCUT2D eigenvalue weighted by Gasteiger charge is -2.31. The topological polar surface area (TPSA) is 61.9 Å². The molecule has 1 N–H and O–H groups in total. The number of benzene rings is 2. The molecular formula is C20H19FN4O. The molecule has 5 nitrogen and oxygen atoms in total. The van der Waals surface area contributed by atoms with Crippen molar-refractivity contribution in [3.63, 3.8) is 0 Å². The first kappa shape index (κ1) is 16.4. The number of amides is 1. The van der Waals surface area contributed by atoms with E-state index < -0.39 is 0 Å². The molecule has 1 amide bonds. The summed E-state index contributed by atoms with van der Waals surface area (Å²) in [6.45, 7) is 1.37. The molecule has 1 aromatic heterocycles. The van der Waals surface area contributed by atoms with Crippen LogP contribution >= 0.6 is 0 Å². The molecule has 0 radical (unpaired) electrons. The van der Waals surface area contributed by atoms with Crippen LogP contribution in [0.2, 0.25) is 0 Å². The summed E-state index contributed by atoms with van der Waals surface area (Å²) in [6, 6.07) is 15.4. The van der Waals surface area contributed by atoms with Gasteiger partial charge in [-0.25, -0.2) is 9.37 Å². The van der Waals surface area contributed by atoms with E-state index >= 15 is 0 Å². The molecule has 1 aliphatic heterocycles. The molecule has 132 valence electrons. The maximum absolute atomic E-state index is 13.1. The van der Waals surface area contributed by atoms with Crippen LogP contribution in [0.3, 0.4) is 0 Å². The predicted octanol–water partition coefficient (Wildman–Crippen LogP) is 3.63. The molecule has 26 heavy (non-hydrogen) atoms. The van der Waals surface area contributed by atoms with Gasteiger partial charge in [0.1, 0.15) is 11.6 Å². The number of piperidine rings is 1. The Kier molecular flexibility index (Phi) is 4.48. The lowest BCUT2D eigenvalue weighted by molar-refractivity contribution is 0.0704. The van der Waals surface area contributed by atoms with E-state index in [4.69, 9.17) is 0 Å². The Morgan fingerprint density at radius 2 is 1.88 bits per heavy atom. The third-order valence-electron chi connectivity index (χ3n) is 4.72. The van der Waals surface area contributed by atoms with E-state index in [0.717, 1.165) is 30.8 Å². The quantitative estimate of drug-likeness (QED) is 0.785. The van der Waals surface area contributed by atoms with E-state index in [1.807, 2.05) is 35.2 Å². The minimum atomic E-state index is -0.285. The van der Waals surface area contributed by atoms with Crippen LogP contribution < -0.4 is 0 Å². The van der Waals surface area contributed by atoms with E-state index in [1.165, 1.54) is 12.1 Å². The number of aromatic amines is 1. The summed E-state index contributed by atoms with van der Waals surface area (Å²) in [5.41, 5.74) is 1.47. The van der Waals surface area contributed by atoms with Gasteiger partial charge in [-0.15, -0.1) is 0 Å². The number of aromatic nitrogens is 3. The van der Waals surface area contributed by atoms with Gasteiger partial charge in [0.25, 0.3) is 5.91 Å². The molecule has 4 rings (SSSR count). The molecule has 0 saturated carbocycles. The van der Waals surface area contributed by atoms with E-state index in [0.29, 0.717) is 17.9 Å². The zero-order valence-electron chi connectivity index (χ0n) is 14.2. The number of rotatable bonds is 3. The Morgan fingerprint density at radius 1 is 1.12 bits per heavy atom. The molecule has 1 saturated heterocycles. The van der Waals surface area contributed by atoms with Crippen molar-refractivity contribution in [1.29, 1.82) is 0 Å². The molecule has 0 spiro atoms. The van der Waals surface area contributed by atoms with E-state index in [1.54, 1.807) is 12.1 Å². The first-order valence-electron chi connectivity index (χ1n) is 8.73. The van der Waals surface area contributed by atoms with Crippen molar-refractivity contribution in [2.75, 3.05) is 13.1 Å². The maximum atomic E-state index is 13.1. The summed E-state index contributed by atoms with van der Waals surface area (Å²) < 4.78 is 13.1. The van der Waals surface area contributed by atoms with Gasteiger partial charge in [0, 0.05) is 30.1 Å². The number of nitrogens with zero attached hydrogens (tertiary/aromatic N) is 3. The Balaban J connectivity index is 1.50. The highest BCUT2D eigenvalue weighted by atomic mass is 19.1. The standard InChI is InChI=1S/C20H19FN4O/c21-17-10-8-14(9-11-17)18-22-19(24-23-18)16-7-4-12-25(13-16)20(26)15-5-2-1-3-6-15/h1-3,5-6,8-11,16H,4,7,12-13H2,(H,22,23,24)/t16-/m1/s1. The highest BCUT2D eigenvalue weighted by molar-refractivity contribution is 5.94. The first-order chi connectivity index (χ1) is 12.7. The smallest absolute Gasteiger partial charge is 0.253 e. The lowest BCUT2D eigenvalue weighted by Crippen LogP contribution is -2.39. The third kappa shape index (κ3) is 3.35. The first-order valence-corrected chi connectivity index (χ1v) is 8.73. The van der Waals surface area contributed by atoms with E-state index in [9.17, 15) is 9.18 Å². The maximum Gasteiger partial charge on any atom is 0.253 e. The van der Waals surface area contributed by atoms with Crippen molar-refractivity contribution < 1.29 is 9.18 Å². The van der Waals surface area contributed by atoms with E-state index in [2.05, 4.69) is 15.2 Å². The van der Waals surface area contributed by atoms with Gasteiger partial charge in [0.15, 0.2) is 5.82 Å². The molecule has 0 aliphatic carbocycles. The third-order valence-corrected chi connectivity index (χ3v) is 4.72. The molecule has 1 aliphatic rings. The molecule has 1 atom stereocenters. The molecule has 0 bridgehead atoms. The number of carbonyl (C=O) groups is 1. The molecule has 6 heteroatoms. The molecule has 2 heterocycles. The number of hydrogen-bond acceptors (Lipinski definition) is 3. The van der Waals surface area contributed by atoms with Gasteiger partial charge in [-0.3, -0.25) is 9.89 Å². The molecule has 1 fully saturated rings. The number of nitrogens with one attached hydrogen (secondary N) is 1. The Hall–Kier alpha value is -3.02. The fraction of sp³-hybridized carbons (Fsp3) is 0.250. The van der Waals surface area contributed by atoms with Gasteiger partial charge < -0.3 is 4.90 Å². The van der Waals surface area contributed by atoms with Gasteiger partial charge in [-0.1, -0.05) is 18.2 Å². The van der Waals surface area contributed by atoms with Crippen LogP contribution in [0.4, 0.5) is 4.39 Å². The van der Waals surface area contributed by atoms with Crippen LogP contribution in [-0.2, 0) is 0 Å². The van der Waals surface area contributed by atoms with Crippen molar-refractivity contribution in [2.45, 2.75) is 18.8 Å².